The van der Waals surface area contributed by atoms with Gasteiger partial charge in [-0.3, -0.25) is 25.2 Å². The smallest absolute Gasteiger partial charge is 0.276 e. The van der Waals surface area contributed by atoms with E-state index in [1.807, 2.05) is 25.1 Å². The summed E-state index contributed by atoms with van der Waals surface area (Å²) in [6.45, 7) is 1.69. The molecule has 0 saturated carbocycles. The van der Waals surface area contributed by atoms with Crippen molar-refractivity contribution in [2.45, 2.75) is 19.8 Å². The molecular formula is C19H21N3O4. The zero-order valence-electron chi connectivity index (χ0n) is 14.5. The molecule has 0 aliphatic rings. The molecule has 0 aliphatic carbocycles. The number of rotatable bonds is 7. The van der Waals surface area contributed by atoms with Crippen molar-refractivity contribution < 1.29 is 19.1 Å². The monoisotopic (exact) mass is 355 g/mol. The summed E-state index contributed by atoms with van der Waals surface area (Å²) in [4.78, 5) is 35.1. The second kappa shape index (κ2) is 9.83. The Bertz CT molecular complexity index is 762. The Labute approximate surface area is 151 Å². The number of hydrogen-bond acceptors (Lipinski definition) is 4. The standard InChI is InChI=1S/C19H21N3O4/c1-14-6-5-9-16(12-14)26-13-19(25)22-21-18(24)11-10-17(23)20-15-7-3-2-4-8-15/h2-9,12H,10-11,13H2,1H3,(H,20,23)(H,21,24)(H,22,25). The van der Waals surface area contributed by atoms with E-state index < -0.39 is 11.8 Å². The van der Waals surface area contributed by atoms with E-state index in [1.54, 1.807) is 36.4 Å². The number of amides is 3. The maximum Gasteiger partial charge on any atom is 0.276 e. The molecule has 7 nitrogen and oxygen atoms in total. The number of carbonyl (C=O) groups is 3. The summed E-state index contributed by atoms with van der Waals surface area (Å²) in [5.41, 5.74) is 6.18. The first kappa shape index (κ1) is 19.0. The number of hydrazine groups is 1. The van der Waals surface area contributed by atoms with Gasteiger partial charge in [0.05, 0.1) is 0 Å². The summed E-state index contributed by atoms with van der Waals surface area (Å²) >= 11 is 0. The summed E-state index contributed by atoms with van der Waals surface area (Å²) in [6.07, 6.45) is -0.0337. The number of nitrogens with one attached hydrogen (secondary N) is 3. The van der Waals surface area contributed by atoms with Crippen LogP contribution < -0.4 is 20.9 Å². The van der Waals surface area contributed by atoms with Gasteiger partial charge < -0.3 is 10.1 Å². The van der Waals surface area contributed by atoms with Gasteiger partial charge in [-0.2, -0.15) is 0 Å². The van der Waals surface area contributed by atoms with Gasteiger partial charge in [-0.1, -0.05) is 30.3 Å². The Hall–Kier alpha value is -3.35. The zero-order valence-corrected chi connectivity index (χ0v) is 14.5. The minimum absolute atomic E-state index is 0.0103. The topological polar surface area (TPSA) is 96.5 Å². The van der Waals surface area contributed by atoms with Crippen molar-refractivity contribution in [3.05, 3.63) is 60.2 Å². The van der Waals surface area contributed by atoms with Crippen LogP contribution in [0.5, 0.6) is 5.75 Å². The zero-order chi connectivity index (χ0) is 18.8. The van der Waals surface area contributed by atoms with Crippen LogP contribution in [-0.4, -0.2) is 24.3 Å². The third kappa shape index (κ3) is 7.04. The number of benzene rings is 2. The van der Waals surface area contributed by atoms with Gasteiger partial charge in [0.2, 0.25) is 11.8 Å². The molecule has 0 heterocycles. The van der Waals surface area contributed by atoms with Crippen molar-refractivity contribution in [3.63, 3.8) is 0 Å². The van der Waals surface area contributed by atoms with Gasteiger partial charge in [0.25, 0.3) is 5.91 Å². The molecule has 2 rings (SSSR count). The lowest BCUT2D eigenvalue weighted by Crippen LogP contribution is -2.44. The molecule has 2 aromatic rings. The van der Waals surface area contributed by atoms with Crippen LogP contribution in [0.4, 0.5) is 5.69 Å². The number of para-hydroxylation sites is 1. The average Bonchev–Trinajstić information content (AvgIpc) is 2.64. The van der Waals surface area contributed by atoms with E-state index in [-0.39, 0.29) is 25.4 Å². The second-order valence-corrected chi connectivity index (χ2v) is 5.62. The summed E-state index contributed by atoms with van der Waals surface area (Å²) in [5.74, 6) is -0.657. The minimum Gasteiger partial charge on any atom is -0.484 e. The van der Waals surface area contributed by atoms with E-state index in [1.165, 1.54) is 0 Å². The Kier molecular flexibility index (Phi) is 7.17. The van der Waals surface area contributed by atoms with E-state index in [9.17, 15) is 14.4 Å². The van der Waals surface area contributed by atoms with Crippen molar-refractivity contribution in [1.82, 2.24) is 10.9 Å². The molecule has 0 unspecified atom stereocenters. The van der Waals surface area contributed by atoms with Crippen molar-refractivity contribution in [3.8, 4) is 5.75 Å². The first-order chi connectivity index (χ1) is 12.5. The van der Waals surface area contributed by atoms with Crippen molar-refractivity contribution in [1.29, 1.82) is 0 Å². The predicted molar refractivity (Wildman–Crippen MR) is 97.3 cm³/mol. The van der Waals surface area contributed by atoms with E-state index in [0.717, 1.165) is 5.56 Å². The predicted octanol–water partition coefficient (Wildman–Crippen LogP) is 1.94. The molecule has 0 bridgehead atoms. The number of carbonyl (C=O) groups excluding carboxylic acids is 3. The molecule has 136 valence electrons. The van der Waals surface area contributed by atoms with Gasteiger partial charge in [0.15, 0.2) is 6.61 Å². The molecule has 0 saturated heterocycles. The van der Waals surface area contributed by atoms with Gasteiger partial charge in [-0.05, 0) is 36.8 Å². The number of hydrogen-bond donors (Lipinski definition) is 3. The Morgan fingerprint density at radius 1 is 0.846 bits per heavy atom. The van der Waals surface area contributed by atoms with Gasteiger partial charge in [0.1, 0.15) is 5.75 Å². The van der Waals surface area contributed by atoms with Gasteiger partial charge in [-0.25, -0.2) is 0 Å². The Morgan fingerprint density at radius 3 is 2.27 bits per heavy atom. The molecule has 2 aromatic carbocycles. The Balaban J connectivity index is 1.62. The quantitative estimate of drug-likeness (QED) is 0.661. The van der Waals surface area contributed by atoms with Gasteiger partial charge >= 0.3 is 0 Å². The van der Waals surface area contributed by atoms with E-state index >= 15 is 0 Å². The first-order valence-electron chi connectivity index (χ1n) is 8.15. The summed E-state index contributed by atoms with van der Waals surface area (Å²) in [5, 5.41) is 2.68. The van der Waals surface area contributed by atoms with Crippen molar-refractivity contribution >= 4 is 23.4 Å². The summed E-state index contributed by atoms with van der Waals surface area (Å²) < 4.78 is 5.32. The summed E-state index contributed by atoms with van der Waals surface area (Å²) in [6, 6.07) is 16.2. The molecule has 7 heteroatoms. The van der Waals surface area contributed by atoms with Gasteiger partial charge in [-0.15, -0.1) is 0 Å². The molecule has 0 aliphatic heterocycles. The molecule has 3 amide bonds. The van der Waals surface area contributed by atoms with Crippen LogP contribution in [0.2, 0.25) is 0 Å². The lowest BCUT2D eigenvalue weighted by Gasteiger charge is -2.09. The highest BCUT2D eigenvalue weighted by Crippen LogP contribution is 2.11. The fraction of sp³-hybridized carbons (Fsp3) is 0.211. The SMILES string of the molecule is Cc1cccc(OCC(=O)NNC(=O)CCC(=O)Nc2ccccc2)c1. The Morgan fingerprint density at radius 2 is 1.54 bits per heavy atom. The minimum atomic E-state index is -0.492. The molecule has 3 N–H and O–H groups in total. The average molecular weight is 355 g/mol. The maximum absolute atomic E-state index is 11.7. The van der Waals surface area contributed by atoms with Gasteiger partial charge in [0, 0.05) is 18.5 Å². The maximum atomic E-state index is 11.7. The van der Waals surface area contributed by atoms with Crippen LogP contribution in [0, 0.1) is 6.92 Å². The van der Waals surface area contributed by atoms with Crippen LogP contribution in [0.15, 0.2) is 54.6 Å². The molecule has 0 radical (unpaired) electrons. The number of ether oxygens (including phenoxy) is 1. The fourth-order valence-electron chi connectivity index (χ4n) is 2.06. The van der Waals surface area contributed by atoms with E-state index in [4.69, 9.17) is 4.74 Å². The first-order valence-corrected chi connectivity index (χ1v) is 8.15. The number of anilines is 1. The van der Waals surface area contributed by atoms with Crippen LogP contribution >= 0.6 is 0 Å². The highest BCUT2D eigenvalue weighted by atomic mass is 16.5. The van der Waals surface area contributed by atoms with E-state index in [0.29, 0.717) is 11.4 Å². The van der Waals surface area contributed by atoms with Crippen LogP contribution in [0.25, 0.3) is 0 Å². The largest absolute Gasteiger partial charge is 0.484 e. The highest BCUT2D eigenvalue weighted by molar-refractivity contribution is 5.93. The summed E-state index contributed by atoms with van der Waals surface area (Å²) in [7, 11) is 0. The molecule has 26 heavy (non-hydrogen) atoms. The molecule has 0 aromatic heterocycles. The third-order valence-electron chi connectivity index (χ3n) is 3.34. The van der Waals surface area contributed by atoms with E-state index in [2.05, 4.69) is 16.2 Å². The fourth-order valence-corrected chi connectivity index (χ4v) is 2.06. The van der Waals surface area contributed by atoms with Crippen molar-refractivity contribution in [2.75, 3.05) is 11.9 Å². The molecule has 0 spiro atoms. The third-order valence-corrected chi connectivity index (χ3v) is 3.34. The van der Waals surface area contributed by atoms with Crippen LogP contribution in [0.3, 0.4) is 0 Å². The molecule has 0 atom stereocenters. The normalized spacial score (nSPS) is 9.88. The molecule has 0 fully saturated rings. The molecular weight excluding hydrogens is 334 g/mol. The van der Waals surface area contributed by atoms with Crippen LogP contribution in [0.1, 0.15) is 18.4 Å². The lowest BCUT2D eigenvalue weighted by molar-refractivity contribution is -0.130. The van der Waals surface area contributed by atoms with Crippen LogP contribution in [-0.2, 0) is 14.4 Å². The highest BCUT2D eigenvalue weighted by Gasteiger charge is 2.09. The van der Waals surface area contributed by atoms with Crippen molar-refractivity contribution in [2.24, 2.45) is 0 Å². The lowest BCUT2D eigenvalue weighted by atomic mass is 10.2. The number of aryl methyl sites for hydroxylation is 1. The second-order valence-electron chi connectivity index (χ2n) is 5.62.